The van der Waals surface area contributed by atoms with Gasteiger partial charge in [0.1, 0.15) is 23.1 Å². The van der Waals surface area contributed by atoms with E-state index in [0.29, 0.717) is 28.1 Å². The van der Waals surface area contributed by atoms with Crippen molar-refractivity contribution >= 4 is 23.6 Å². The van der Waals surface area contributed by atoms with E-state index in [2.05, 4.69) is 34.2 Å². The first-order valence-electron chi connectivity index (χ1n) is 9.82. The highest BCUT2D eigenvalue weighted by Gasteiger charge is 2.19. The molecule has 0 aliphatic carbocycles. The van der Waals surface area contributed by atoms with Crippen molar-refractivity contribution in [3.05, 3.63) is 58.7 Å². The minimum absolute atomic E-state index is 0.385. The van der Waals surface area contributed by atoms with Gasteiger partial charge in [0.05, 0.1) is 12.0 Å². The molecule has 0 N–H and O–H groups in total. The van der Waals surface area contributed by atoms with E-state index in [1.54, 1.807) is 0 Å². The van der Waals surface area contributed by atoms with Gasteiger partial charge in [0, 0.05) is 30.2 Å². The molecule has 30 heavy (non-hydrogen) atoms. The molecule has 3 rings (SSSR count). The van der Waals surface area contributed by atoms with E-state index in [1.807, 2.05) is 70.6 Å². The molecule has 0 amide bonds. The van der Waals surface area contributed by atoms with Crippen molar-refractivity contribution in [1.82, 2.24) is 9.27 Å². The largest absolute Gasteiger partial charge is 0.443 e. The lowest BCUT2D eigenvalue weighted by Gasteiger charge is -2.17. The van der Waals surface area contributed by atoms with Gasteiger partial charge in [-0.25, -0.2) is 4.99 Å². The number of rotatable bonds is 6. The maximum atomic E-state index is 9.77. The van der Waals surface area contributed by atoms with Crippen LogP contribution in [0, 0.1) is 32.1 Å². The molecular weight excluding hydrogens is 392 g/mol. The summed E-state index contributed by atoms with van der Waals surface area (Å²) in [6, 6.07) is 14.5. The Hall–Kier alpha value is -3.17. The molecule has 1 aromatic heterocycles. The van der Waals surface area contributed by atoms with Crippen molar-refractivity contribution in [3.63, 3.8) is 0 Å². The van der Waals surface area contributed by atoms with Crippen molar-refractivity contribution in [2.24, 2.45) is 4.99 Å². The van der Waals surface area contributed by atoms with Crippen LogP contribution in [0.4, 0.5) is 5.69 Å². The van der Waals surface area contributed by atoms with E-state index in [4.69, 9.17) is 4.74 Å². The Morgan fingerprint density at radius 1 is 1.13 bits per heavy atom. The van der Waals surface area contributed by atoms with Crippen LogP contribution >= 0.6 is 11.5 Å². The number of hydrogen-bond donors (Lipinski definition) is 0. The molecule has 0 aliphatic rings. The van der Waals surface area contributed by atoms with E-state index >= 15 is 0 Å². The number of nitriles is 1. The number of aromatic nitrogens is 1. The molecule has 1 heterocycles. The van der Waals surface area contributed by atoms with Gasteiger partial charge in [0.15, 0.2) is 0 Å². The first-order chi connectivity index (χ1) is 14.3. The van der Waals surface area contributed by atoms with Gasteiger partial charge in [0.2, 0.25) is 5.06 Å². The summed E-state index contributed by atoms with van der Waals surface area (Å²) in [5.74, 6) is 0.708. The summed E-state index contributed by atoms with van der Waals surface area (Å²) in [4.78, 5) is 6.66. The fraction of sp³-hybridized carbons (Fsp3) is 0.292. The fourth-order valence-corrected chi connectivity index (χ4v) is 3.60. The van der Waals surface area contributed by atoms with Crippen molar-refractivity contribution < 1.29 is 4.74 Å². The first-order valence-corrected chi connectivity index (χ1v) is 10.6. The fourth-order valence-electron chi connectivity index (χ4n) is 2.88. The predicted octanol–water partition coefficient (Wildman–Crippen LogP) is 6.40. The Morgan fingerprint density at radius 2 is 1.87 bits per heavy atom. The molecule has 2 aromatic carbocycles. The third kappa shape index (κ3) is 4.52. The van der Waals surface area contributed by atoms with Gasteiger partial charge in [-0.2, -0.15) is 9.64 Å². The lowest BCUT2D eigenvalue weighted by molar-refractivity contribution is 0.429. The molecule has 0 aliphatic heterocycles. The van der Waals surface area contributed by atoms with Gasteiger partial charge in [-0.1, -0.05) is 24.3 Å². The van der Waals surface area contributed by atoms with Crippen LogP contribution in [0.3, 0.4) is 0 Å². The summed E-state index contributed by atoms with van der Waals surface area (Å²) in [6.07, 6.45) is 1.85. The van der Waals surface area contributed by atoms with Crippen molar-refractivity contribution in [1.29, 1.82) is 5.26 Å². The average Bonchev–Trinajstić information content (AvgIpc) is 3.11. The second-order valence-corrected chi connectivity index (χ2v) is 8.37. The van der Waals surface area contributed by atoms with E-state index in [0.717, 1.165) is 27.9 Å². The SMILES string of the molecule is Cc1cc(Oc2snc(-c3ccccc3C)c2C#N)c(C)cc1/N=C\N(C)C(C)C. The number of hydrogen-bond acceptors (Lipinski definition) is 5. The van der Waals surface area contributed by atoms with Crippen molar-refractivity contribution in [2.75, 3.05) is 7.05 Å². The molecule has 5 nitrogen and oxygen atoms in total. The number of aryl methyl sites for hydroxylation is 3. The molecule has 0 spiro atoms. The van der Waals surface area contributed by atoms with Crippen LogP contribution in [-0.4, -0.2) is 28.7 Å². The zero-order valence-electron chi connectivity index (χ0n) is 18.2. The predicted molar refractivity (Wildman–Crippen MR) is 124 cm³/mol. The van der Waals surface area contributed by atoms with Crippen LogP contribution in [0.15, 0.2) is 41.4 Å². The van der Waals surface area contributed by atoms with Crippen LogP contribution in [0.5, 0.6) is 10.8 Å². The maximum absolute atomic E-state index is 9.77. The van der Waals surface area contributed by atoms with Crippen LogP contribution < -0.4 is 4.74 Å². The number of benzene rings is 2. The lowest BCUT2D eigenvalue weighted by atomic mass is 10.0. The third-order valence-corrected chi connectivity index (χ3v) is 5.79. The maximum Gasteiger partial charge on any atom is 0.218 e. The molecule has 0 bridgehead atoms. The van der Waals surface area contributed by atoms with Crippen LogP contribution in [0.1, 0.15) is 36.1 Å². The zero-order chi connectivity index (χ0) is 21.8. The quantitative estimate of drug-likeness (QED) is 0.343. The van der Waals surface area contributed by atoms with Crippen molar-refractivity contribution in [2.45, 2.75) is 40.7 Å². The summed E-state index contributed by atoms with van der Waals surface area (Å²) in [6.45, 7) is 10.2. The Bertz CT molecular complexity index is 1120. The molecule has 0 atom stereocenters. The van der Waals surface area contributed by atoms with Crippen LogP contribution in [-0.2, 0) is 0 Å². The molecule has 6 heteroatoms. The summed E-state index contributed by atoms with van der Waals surface area (Å²) in [5, 5.41) is 10.3. The minimum Gasteiger partial charge on any atom is -0.443 e. The topological polar surface area (TPSA) is 61.5 Å². The summed E-state index contributed by atoms with van der Waals surface area (Å²) in [5.41, 5.74) is 6.02. The third-order valence-electron chi connectivity index (χ3n) is 5.06. The smallest absolute Gasteiger partial charge is 0.218 e. The summed E-state index contributed by atoms with van der Waals surface area (Å²) < 4.78 is 10.7. The van der Waals surface area contributed by atoms with E-state index in [-0.39, 0.29) is 0 Å². The normalized spacial score (nSPS) is 11.1. The van der Waals surface area contributed by atoms with Crippen LogP contribution in [0.25, 0.3) is 11.3 Å². The van der Waals surface area contributed by atoms with E-state index < -0.39 is 0 Å². The molecule has 0 saturated carbocycles. The van der Waals surface area contributed by atoms with Gasteiger partial charge in [0.25, 0.3) is 0 Å². The minimum atomic E-state index is 0.385. The van der Waals surface area contributed by atoms with Crippen molar-refractivity contribution in [3.8, 4) is 28.1 Å². The zero-order valence-corrected chi connectivity index (χ0v) is 19.0. The highest BCUT2D eigenvalue weighted by Crippen LogP contribution is 2.39. The molecule has 0 saturated heterocycles. The summed E-state index contributed by atoms with van der Waals surface area (Å²) >= 11 is 1.20. The Labute approximate surface area is 182 Å². The lowest BCUT2D eigenvalue weighted by Crippen LogP contribution is -2.24. The molecule has 3 aromatic rings. The van der Waals surface area contributed by atoms with E-state index in [9.17, 15) is 5.26 Å². The van der Waals surface area contributed by atoms with Gasteiger partial charge in [-0.05, 0) is 63.4 Å². The van der Waals surface area contributed by atoms with Crippen LogP contribution in [0.2, 0.25) is 0 Å². The molecule has 154 valence electrons. The second-order valence-electron chi connectivity index (χ2n) is 7.63. The first kappa shape index (κ1) is 21.5. The Kier molecular flexibility index (Phi) is 6.53. The second kappa shape index (κ2) is 9.10. The molecular formula is C24H26N4OS. The van der Waals surface area contributed by atoms with E-state index in [1.165, 1.54) is 11.5 Å². The molecule has 0 unspecified atom stereocenters. The van der Waals surface area contributed by atoms with Gasteiger partial charge < -0.3 is 9.64 Å². The van der Waals surface area contributed by atoms with Gasteiger partial charge in [-0.15, -0.1) is 0 Å². The monoisotopic (exact) mass is 418 g/mol. The number of ether oxygens (including phenoxy) is 1. The highest BCUT2D eigenvalue weighted by molar-refractivity contribution is 7.08. The molecule has 0 fully saturated rings. The summed E-state index contributed by atoms with van der Waals surface area (Å²) in [7, 11) is 2.01. The average molecular weight is 419 g/mol. The van der Waals surface area contributed by atoms with Gasteiger partial charge >= 0.3 is 0 Å². The highest BCUT2D eigenvalue weighted by atomic mass is 32.1. The standard InChI is InChI=1S/C24H26N4OS/c1-15(2)28(6)14-26-21-11-18(5)22(12-17(21)4)29-24-20(13-25)23(27-30-24)19-10-8-7-9-16(19)3/h7-12,14-15H,1-6H3/b26-14-. The Morgan fingerprint density at radius 3 is 2.53 bits per heavy atom. The number of aliphatic imine (C=N–C) groups is 1. The number of nitrogens with zero attached hydrogens (tertiary/aromatic N) is 4. The van der Waals surface area contributed by atoms with Gasteiger partial charge in [-0.3, -0.25) is 0 Å². The molecule has 0 radical (unpaired) electrons. The Balaban J connectivity index is 1.92.